The maximum Gasteiger partial charge on any atom is 0.251 e. The lowest BCUT2D eigenvalue weighted by atomic mass is 10.1. The second kappa shape index (κ2) is 13.3. The van der Waals surface area contributed by atoms with Crippen LogP contribution in [0.5, 0.6) is 11.5 Å². The van der Waals surface area contributed by atoms with Gasteiger partial charge in [-0.3, -0.25) is 9.59 Å². The van der Waals surface area contributed by atoms with Crippen molar-refractivity contribution in [2.75, 3.05) is 30.4 Å². The number of rotatable bonds is 12. The Labute approximate surface area is 216 Å². The number of nitrogens with one attached hydrogen (secondary N) is 3. The molecule has 0 aliphatic carbocycles. The molecule has 0 atom stereocenters. The Kier molecular flexibility index (Phi) is 9.13. The molecule has 4 aromatic carbocycles. The summed E-state index contributed by atoms with van der Waals surface area (Å²) in [6, 6.07) is 33.5. The maximum atomic E-state index is 12.5. The molecule has 0 unspecified atom stereocenters. The van der Waals surface area contributed by atoms with Gasteiger partial charge in [-0.25, -0.2) is 0 Å². The number of benzene rings is 4. The van der Waals surface area contributed by atoms with E-state index in [0.717, 1.165) is 17.0 Å². The van der Waals surface area contributed by atoms with Crippen molar-refractivity contribution in [3.63, 3.8) is 0 Å². The highest BCUT2D eigenvalue weighted by molar-refractivity contribution is 5.98. The predicted octanol–water partition coefficient (Wildman–Crippen LogP) is 5.13. The van der Waals surface area contributed by atoms with E-state index < -0.39 is 0 Å². The predicted molar refractivity (Wildman–Crippen MR) is 145 cm³/mol. The van der Waals surface area contributed by atoms with E-state index in [1.165, 1.54) is 0 Å². The van der Waals surface area contributed by atoms with Crippen LogP contribution in [-0.2, 0) is 11.3 Å². The second-order valence-corrected chi connectivity index (χ2v) is 8.19. The first-order valence-electron chi connectivity index (χ1n) is 12.0. The minimum Gasteiger partial charge on any atom is -0.490 e. The highest BCUT2D eigenvalue weighted by atomic mass is 16.5. The van der Waals surface area contributed by atoms with Gasteiger partial charge in [-0.1, -0.05) is 60.7 Å². The number of hydrogen-bond acceptors (Lipinski definition) is 5. The number of carbonyl (C=O) groups is 2. The number of hydrogen-bond donors (Lipinski definition) is 3. The summed E-state index contributed by atoms with van der Waals surface area (Å²) in [4.78, 5) is 25.0. The molecule has 2 amide bonds. The van der Waals surface area contributed by atoms with Crippen LogP contribution < -0.4 is 25.4 Å². The van der Waals surface area contributed by atoms with Crippen LogP contribution in [-0.4, -0.2) is 31.6 Å². The first-order valence-corrected chi connectivity index (χ1v) is 12.0. The summed E-state index contributed by atoms with van der Waals surface area (Å²) in [7, 11) is 0. The summed E-state index contributed by atoms with van der Waals surface area (Å²) < 4.78 is 11.4. The molecule has 0 fully saturated rings. The van der Waals surface area contributed by atoms with E-state index in [9.17, 15) is 9.59 Å². The minimum absolute atomic E-state index is 0.0605. The zero-order chi connectivity index (χ0) is 25.7. The normalized spacial score (nSPS) is 10.3. The molecule has 7 heteroatoms. The van der Waals surface area contributed by atoms with Gasteiger partial charge in [0.15, 0.2) is 0 Å². The van der Waals surface area contributed by atoms with Gasteiger partial charge in [-0.15, -0.1) is 0 Å². The third-order valence-corrected chi connectivity index (χ3v) is 5.36. The van der Waals surface area contributed by atoms with Crippen molar-refractivity contribution < 1.29 is 19.1 Å². The van der Waals surface area contributed by atoms with E-state index in [1.807, 2.05) is 84.9 Å². The Hall–Kier alpha value is -4.78. The van der Waals surface area contributed by atoms with Crippen molar-refractivity contribution in [1.82, 2.24) is 5.32 Å². The molecule has 0 saturated carbocycles. The number of amides is 2. The quantitative estimate of drug-likeness (QED) is 0.237. The second-order valence-electron chi connectivity index (χ2n) is 8.19. The molecular formula is C30H29N3O4. The molecule has 3 N–H and O–H groups in total. The molecule has 0 radical (unpaired) electrons. The molecule has 188 valence electrons. The Morgan fingerprint density at radius 1 is 0.649 bits per heavy atom. The lowest BCUT2D eigenvalue weighted by Gasteiger charge is -2.11. The van der Waals surface area contributed by atoms with Crippen molar-refractivity contribution in [2.45, 2.75) is 6.54 Å². The Morgan fingerprint density at radius 3 is 2.08 bits per heavy atom. The first kappa shape index (κ1) is 25.3. The minimum atomic E-state index is -0.232. The van der Waals surface area contributed by atoms with E-state index in [2.05, 4.69) is 16.0 Å². The van der Waals surface area contributed by atoms with Crippen molar-refractivity contribution in [1.29, 1.82) is 0 Å². The van der Waals surface area contributed by atoms with Crippen LogP contribution >= 0.6 is 0 Å². The fourth-order valence-corrected chi connectivity index (χ4v) is 3.54. The number of ether oxygens (including phenoxy) is 2. The summed E-state index contributed by atoms with van der Waals surface area (Å²) in [5, 5.41) is 8.81. The van der Waals surface area contributed by atoms with Crippen molar-refractivity contribution >= 4 is 23.2 Å². The van der Waals surface area contributed by atoms with Crippen LogP contribution in [0, 0.1) is 0 Å². The topological polar surface area (TPSA) is 88.7 Å². The van der Waals surface area contributed by atoms with Gasteiger partial charge >= 0.3 is 0 Å². The molecule has 0 aliphatic rings. The van der Waals surface area contributed by atoms with Gasteiger partial charge in [0.1, 0.15) is 24.7 Å². The third-order valence-electron chi connectivity index (χ3n) is 5.36. The fourth-order valence-electron chi connectivity index (χ4n) is 3.54. The van der Waals surface area contributed by atoms with E-state index in [1.54, 1.807) is 24.3 Å². The lowest BCUT2D eigenvalue weighted by molar-refractivity contribution is -0.114. The molecule has 4 rings (SSSR count). The average Bonchev–Trinajstić information content (AvgIpc) is 2.94. The fraction of sp³-hybridized carbons (Fsp3) is 0.133. The standard InChI is InChI=1S/C30H29N3O4/c34-29(33-26-13-7-11-24(19-26)30(35)32-21-23-9-3-1-4-10-23)22-31-25-12-8-16-28(20-25)37-18-17-36-27-14-5-2-6-15-27/h1-16,19-20,31H,17-18,21-22H2,(H,32,35)(H,33,34). The van der Waals surface area contributed by atoms with E-state index in [4.69, 9.17) is 9.47 Å². The molecule has 0 bridgehead atoms. The molecular weight excluding hydrogens is 466 g/mol. The summed E-state index contributed by atoms with van der Waals surface area (Å²) in [5.41, 5.74) is 2.80. The SMILES string of the molecule is O=C(CNc1cccc(OCCOc2ccccc2)c1)Nc1cccc(C(=O)NCc2ccccc2)c1. The highest BCUT2D eigenvalue weighted by Crippen LogP contribution is 2.18. The van der Waals surface area contributed by atoms with Gasteiger partial charge < -0.3 is 25.4 Å². The van der Waals surface area contributed by atoms with Crippen LogP contribution in [0.15, 0.2) is 109 Å². The van der Waals surface area contributed by atoms with Gasteiger partial charge in [-0.05, 0) is 48.0 Å². The molecule has 0 aromatic heterocycles. The zero-order valence-corrected chi connectivity index (χ0v) is 20.4. The van der Waals surface area contributed by atoms with Gasteiger partial charge in [0.25, 0.3) is 5.91 Å². The Balaban J connectivity index is 1.21. The highest BCUT2D eigenvalue weighted by Gasteiger charge is 2.08. The first-order chi connectivity index (χ1) is 18.2. The number of carbonyl (C=O) groups excluding carboxylic acids is 2. The third kappa shape index (κ3) is 8.43. The summed E-state index contributed by atoms with van der Waals surface area (Å²) in [6.45, 7) is 1.32. The monoisotopic (exact) mass is 495 g/mol. The Morgan fingerprint density at radius 2 is 1.30 bits per heavy atom. The molecule has 0 saturated heterocycles. The van der Waals surface area contributed by atoms with Crippen LogP contribution in [0.3, 0.4) is 0 Å². The van der Waals surface area contributed by atoms with Gasteiger partial charge in [0, 0.05) is 29.5 Å². The van der Waals surface area contributed by atoms with Crippen LogP contribution in [0.4, 0.5) is 11.4 Å². The molecule has 37 heavy (non-hydrogen) atoms. The van der Waals surface area contributed by atoms with E-state index in [-0.39, 0.29) is 18.4 Å². The van der Waals surface area contributed by atoms with Crippen molar-refractivity contribution in [3.8, 4) is 11.5 Å². The van der Waals surface area contributed by atoms with Gasteiger partial charge in [0.2, 0.25) is 5.91 Å². The van der Waals surface area contributed by atoms with Gasteiger partial charge in [-0.2, -0.15) is 0 Å². The zero-order valence-electron chi connectivity index (χ0n) is 20.4. The average molecular weight is 496 g/mol. The lowest BCUT2D eigenvalue weighted by Crippen LogP contribution is -2.24. The Bertz CT molecular complexity index is 1300. The smallest absolute Gasteiger partial charge is 0.251 e. The van der Waals surface area contributed by atoms with Crippen LogP contribution in [0.25, 0.3) is 0 Å². The van der Waals surface area contributed by atoms with Crippen molar-refractivity contribution in [3.05, 3.63) is 120 Å². The van der Waals surface area contributed by atoms with Gasteiger partial charge in [0.05, 0.1) is 6.54 Å². The molecule has 0 spiro atoms. The summed E-state index contributed by atoms with van der Waals surface area (Å²) in [5.74, 6) is 1.04. The maximum absolute atomic E-state index is 12.5. The molecule has 0 aliphatic heterocycles. The summed E-state index contributed by atoms with van der Waals surface area (Å²) in [6.07, 6.45) is 0. The molecule has 4 aromatic rings. The van der Waals surface area contributed by atoms with Crippen molar-refractivity contribution in [2.24, 2.45) is 0 Å². The largest absolute Gasteiger partial charge is 0.490 e. The van der Waals surface area contributed by atoms with E-state index in [0.29, 0.717) is 36.8 Å². The van der Waals surface area contributed by atoms with E-state index >= 15 is 0 Å². The van der Waals surface area contributed by atoms with Crippen LogP contribution in [0.1, 0.15) is 15.9 Å². The number of para-hydroxylation sites is 1. The molecule has 0 heterocycles. The van der Waals surface area contributed by atoms with Crippen LogP contribution in [0.2, 0.25) is 0 Å². The molecule has 7 nitrogen and oxygen atoms in total. The number of anilines is 2. The summed E-state index contributed by atoms with van der Waals surface area (Å²) >= 11 is 0.